The topological polar surface area (TPSA) is 130 Å². The largest absolute Gasteiger partial charge is 0.468 e. The average molecular weight is 588 g/mol. The van der Waals surface area contributed by atoms with E-state index >= 15 is 0 Å². The number of aromatic nitrogens is 5. The highest BCUT2D eigenvalue weighted by atomic mass is 32.1. The summed E-state index contributed by atoms with van der Waals surface area (Å²) in [6.45, 7) is 3.80. The summed E-state index contributed by atoms with van der Waals surface area (Å²) in [4.78, 5) is 29.6. The fourth-order valence-corrected chi connectivity index (χ4v) is 5.15. The third-order valence-electron chi connectivity index (χ3n) is 6.05. The molecule has 15 heteroatoms. The number of amides is 2. The standard InChI is InChI=1S/C26H21F4N7O3S/c1-3-36-10-15(12(2)34-36)14-9-18(23(29)30)32-26-20(14)21(22(41-26)24(31)38)33-25(39)17-6-7-37(35-17)11-40-19-5-4-13(27)8-16(19)28/h4-10,23H,3,11H2,1-2H3,(H2,31,38)(H,33,39). The van der Waals surface area contributed by atoms with Gasteiger partial charge in [-0.15, -0.1) is 11.3 Å². The van der Waals surface area contributed by atoms with Crippen molar-refractivity contribution < 1.29 is 31.9 Å². The molecule has 0 radical (unpaired) electrons. The molecule has 1 aromatic carbocycles. The van der Waals surface area contributed by atoms with Crippen LogP contribution in [-0.2, 0) is 13.3 Å². The number of thiophene rings is 1. The number of hydrogen-bond acceptors (Lipinski definition) is 7. The zero-order chi connectivity index (χ0) is 29.4. The molecule has 10 nitrogen and oxygen atoms in total. The van der Waals surface area contributed by atoms with Crippen LogP contribution in [0.15, 0.2) is 42.7 Å². The number of rotatable bonds is 9. The highest BCUT2D eigenvalue weighted by Crippen LogP contribution is 2.43. The van der Waals surface area contributed by atoms with Gasteiger partial charge in [-0.1, -0.05) is 0 Å². The number of nitrogens with one attached hydrogen (secondary N) is 1. The van der Waals surface area contributed by atoms with Gasteiger partial charge in [0, 0.05) is 36.0 Å². The minimum atomic E-state index is -2.90. The summed E-state index contributed by atoms with van der Waals surface area (Å²) in [7, 11) is 0. The molecule has 3 N–H and O–H groups in total. The fourth-order valence-electron chi connectivity index (χ4n) is 4.14. The molecule has 0 aliphatic carbocycles. The Morgan fingerprint density at radius 1 is 1.12 bits per heavy atom. The number of carbonyl (C=O) groups excluding carboxylic acids is 2. The van der Waals surface area contributed by atoms with E-state index in [0.29, 0.717) is 29.4 Å². The molecule has 5 aromatic rings. The molecule has 0 fully saturated rings. The van der Waals surface area contributed by atoms with Gasteiger partial charge in [-0.05, 0) is 43.7 Å². The van der Waals surface area contributed by atoms with E-state index < -0.39 is 35.6 Å². The molecule has 0 aliphatic rings. The molecule has 4 heterocycles. The van der Waals surface area contributed by atoms with Gasteiger partial charge in [0.2, 0.25) is 0 Å². The SMILES string of the molecule is CCn1cc(-c2cc(C(F)F)nc3sc(C(N)=O)c(NC(=O)c4ccn(COc5ccc(F)cc5F)n4)c23)c(C)n1. The Hall–Kier alpha value is -4.79. The van der Waals surface area contributed by atoms with Gasteiger partial charge < -0.3 is 15.8 Å². The molecular weight excluding hydrogens is 566 g/mol. The predicted molar refractivity (Wildman–Crippen MR) is 142 cm³/mol. The van der Waals surface area contributed by atoms with Crippen LogP contribution >= 0.6 is 11.3 Å². The monoisotopic (exact) mass is 587 g/mol. The number of halogens is 4. The number of alkyl halides is 2. The number of carbonyl (C=O) groups is 2. The Kier molecular flexibility index (Phi) is 7.45. The van der Waals surface area contributed by atoms with Crippen LogP contribution in [0.5, 0.6) is 5.75 Å². The third-order valence-corrected chi connectivity index (χ3v) is 7.15. The average Bonchev–Trinajstić information content (AvgIpc) is 3.65. The number of benzene rings is 1. The zero-order valence-corrected chi connectivity index (χ0v) is 22.3. The molecular formula is C26H21F4N7O3S. The summed E-state index contributed by atoms with van der Waals surface area (Å²) in [5.41, 5.74) is 6.32. The van der Waals surface area contributed by atoms with E-state index in [1.54, 1.807) is 17.8 Å². The second-order valence-electron chi connectivity index (χ2n) is 8.77. The van der Waals surface area contributed by atoms with Gasteiger partial charge in [0.05, 0.1) is 11.4 Å². The third kappa shape index (κ3) is 5.48. The van der Waals surface area contributed by atoms with Gasteiger partial charge in [0.1, 0.15) is 21.2 Å². The predicted octanol–water partition coefficient (Wildman–Crippen LogP) is 5.29. The summed E-state index contributed by atoms with van der Waals surface area (Å²) in [6, 6.07) is 5.36. The van der Waals surface area contributed by atoms with E-state index in [2.05, 4.69) is 20.5 Å². The van der Waals surface area contributed by atoms with E-state index in [1.165, 1.54) is 23.0 Å². The van der Waals surface area contributed by atoms with Crippen molar-refractivity contribution in [1.29, 1.82) is 0 Å². The Labute approximate surface area is 233 Å². The second-order valence-corrected chi connectivity index (χ2v) is 9.77. The summed E-state index contributed by atoms with van der Waals surface area (Å²) >= 11 is 0.773. The first-order chi connectivity index (χ1) is 19.5. The molecule has 5 rings (SSSR count). The van der Waals surface area contributed by atoms with E-state index in [0.717, 1.165) is 23.5 Å². The maximum absolute atomic E-state index is 13.9. The lowest BCUT2D eigenvalue weighted by Gasteiger charge is -2.10. The van der Waals surface area contributed by atoms with Crippen molar-refractivity contribution in [2.45, 2.75) is 33.5 Å². The van der Waals surface area contributed by atoms with Gasteiger partial charge in [-0.2, -0.15) is 10.2 Å². The number of nitrogens with two attached hydrogens (primary N) is 1. The number of primary amides is 1. The lowest BCUT2D eigenvalue weighted by atomic mass is 10.0. The van der Waals surface area contributed by atoms with Gasteiger partial charge in [-0.3, -0.25) is 14.3 Å². The van der Waals surface area contributed by atoms with Crippen LogP contribution in [0.25, 0.3) is 21.3 Å². The maximum Gasteiger partial charge on any atom is 0.280 e. The molecule has 212 valence electrons. The van der Waals surface area contributed by atoms with Gasteiger partial charge in [-0.25, -0.2) is 27.2 Å². The summed E-state index contributed by atoms with van der Waals surface area (Å²) in [5.74, 6) is -3.52. The van der Waals surface area contributed by atoms with Crippen LogP contribution in [0.1, 0.15) is 44.9 Å². The number of ether oxygens (including phenoxy) is 1. The Balaban J connectivity index is 1.51. The molecule has 0 saturated heterocycles. The minimum Gasteiger partial charge on any atom is -0.468 e. The van der Waals surface area contributed by atoms with Gasteiger partial charge >= 0.3 is 0 Å². The lowest BCUT2D eigenvalue weighted by molar-refractivity contribution is 0.100. The van der Waals surface area contributed by atoms with Crippen LogP contribution in [0.3, 0.4) is 0 Å². The van der Waals surface area contributed by atoms with Crippen LogP contribution in [0.4, 0.5) is 23.2 Å². The molecule has 0 bridgehead atoms. The lowest BCUT2D eigenvalue weighted by Crippen LogP contribution is -2.18. The van der Waals surface area contributed by atoms with Crippen LogP contribution in [-0.4, -0.2) is 36.4 Å². The molecule has 0 unspecified atom stereocenters. The number of hydrogen-bond donors (Lipinski definition) is 2. The smallest absolute Gasteiger partial charge is 0.280 e. The van der Waals surface area contributed by atoms with Crippen molar-refractivity contribution in [1.82, 2.24) is 24.5 Å². The van der Waals surface area contributed by atoms with Crippen LogP contribution in [0.2, 0.25) is 0 Å². The molecule has 0 spiro atoms. The van der Waals surface area contributed by atoms with Crippen LogP contribution in [0, 0.1) is 18.6 Å². The summed E-state index contributed by atoms with van der Waals surface area (Å²) in [6.07, 6.45) is 0.172. The van der Waals surface area contributed by atoms with Gasteiger partial charge in [0.25, 0.3) is 18.2 Å². The number of fused-ring (bicyclic) bond motifs is 1. The summed E-state index contributed by atoms with van der Waals surface area (Å²) < 4.78 is 62.6. The normalized spacial score (nSPS) is 11.4. The molecule has 2 amide bonds. The first-order valence-corrected chi connectivity index (χ1v) is 12.9. The van der Waals surface area contributed by atoms with Gasteiger partial charge in [0.15, 0.2) is 24.0 Å². The second kappa shape index (κ2) is 11.0. The zero-order valence-electron chi connectivity index (χ0n) is 21.5. The molecule has 41 heavy (non-hydrogen) atoms. The Bertz CT molecular complexity index is 1800. The van der Waals surface area contributed by atoms with E-state index in [-0.39, 0.29) is 39.0 Å². The number of pyridine rings is 1. The van der Waals surface area contributed by atoms with Crippen molar-refractivity contribution >= 4 is 39.1 Å². The van der Waals surface area contributed by atoms with Crippen molar-refractivity contribution in [3.8, 4) is 16.9 Å². The highest BCUT2D eigenvalue weighted by molar-refractivity contribution is 7.21. The van der Waals surface area contributed by atoms with E-state index in [1.807, 2.05) is 6.92 Å². The Morgan fingerprint density at radius 2 is 1.90 bits per heavy atom. The van der Waals surface area contributed by atoms with Crippen molar-refractivity contribution in [2.75, 3.05) is 5.32 Å². The highest BCUT2D eigenvalue weighted by Gasteiger charge is 2.27. The van der Waals surface area contributed by atoms with Crippen LogP contribution < -0.4 is 15.8 Å². The Morgan fingerprint density at radius 3 is 2.56 bits per heavy atom. The maximum atomic E-state index is 13.9. The van der Waals surface area contributed by atoms with E-state index in [4.69, 9.17) is 10.5 Å². The molecule has 4 aromatic heterocycles. The van der Waals surface area contributed by atoms with Crippen molar-refractivity contribution in [3.63, 3.8) is 0 Å². The van der Waals surface area contributed by atoms with Crippen molar-refractivity contribution in [2.24, 2.45) is 5.73 Å². The molecule has 0 atom stereocenters. The quantitative estimate of drug-likeness (QED) is 0.226. The molecule has 0 aliphatic heterocycles. The van der Waals surface area contributed by atoms with E-state index in [9.17, 15) is 27.2 Å². The number of aryl methyl sites for hydroxylation is 2. The summed E-state index contributed by atoms with van der Waals surface area (Å²) in [5, 5.41) is 11.4. The van der Waals surface area contributed by atoms with Crippen molar-refractivity contribution in [3.05, 3.63) is 76.3 Å². The fraction of sp³-hybridized carbons (Fsp3) is 0.192. The molecule has 0 saturated carbocycles. The number of nitrogens with zero attached hydrogens (tertiary/aromatic N) is 5. The number of anilines is 1. The minimum absolute atomic E-state index is 0.00588. The first-order valence-electron chi connectivity index (χ1n) is 12.1. The first kappa shape index (κ1) is 27.8.